The highest BCUT2D eigenvalue weighted by Gasteiger charge is 2.12. The van der Waals surface area contributed by atoms with Gasteiger partial charge in [0, 0.05) is 0 Å². The zero-order valence-electron chi connectivity index (χ0n) is 8.47. The van der Waals surface area contributed by atoms with Gasteiger partial charge in [-0.2, -0.15) is 0 Å². The Kier molecular flexibility index (Phi) is 2.07. The van der Waals surface area contributed by atoms with Crippen LogP contribution in [0.1, 0.15) is 0 Å². The second-order valence-corrected chi connectivity index (χ2v) is 4.08. The minimum atomic E-state index is 0.667. The Balaban J connectivity index is 2.19. The van der Waals surface area contributed by atoms with Gasteiger partial charge in [-0.25, -0.2) is 15.0 Å². The van der Waals surface area contributed by atoms with Crippen molar-refractivity contribution in [2.75, 3.05) is 7.11 Å². The van der Waals surface area contributed by atoms with Gasteiger partial charge in [0.25, 0.3) is 0 Å². The number of aromatic nitrogens is 4. The van der Waals surface area contributed by atoms with Crippen molar-refractivity contribution >= 4 is 22.5 Å². The fourth-order valence-corrected chi connectivity index (χ4v) is 2.30. The molecule has 3 aromatic rings. The number of hydrogen-bond acceptors (Lipinski definition) is 5. The Morgan fingerprint density at radius 3 is 3.19 bits per heavy atom. The Morgan fingerprint density at radius 1 is 1.44 bits per heavy atom. The van der Waals surface area contributed by atoms with E-state index < -0.39 is 0 Å². The topological polar surface area (TPSA) is 63.7 Å². The molecule has 0 spiro atoms. The third-order valence-electron chi connectivity index (χ3n) is 2.23. The molecule has 80 valence electrons. The van der Waals surface area contributed by atoms with Gasteiger partial charge in [0.1, 0.15) is 22.5 Å². The molecule has 0 bridgehead atoms. The van der Waals surface area contributed by atoms with Crippen LogP contribution in [0.5, 0.6) is 5.75 Å². The Hall–Kier alpha value is -1.95. The van der Waals surface area contributed by atoms with Gasteiger partial charge in [-0.15, -0.1) is 11.3 Å². The first-order chi connectivity index (χ1) is 7.88. The van der Waals surface area contributed by atoms with Crippen LogP contribution < -0.4 is 4.74 Å². The zero-order chi connectivity index (χ0) is 11.0. The first-order valence-electron chi connectivity index (χ1n) is 4.66. The maximum atomic E-state index is 5.25. The van der Waals surface area contributed by atoms with Crippen molar-refractivity contribution in [3.05, 3.63) is 24.0 Å². The van der Waals surface area contributed by atoms with Gasteiger partial charge in [0.15, 0.2) is 11.5 Å². The quantitative estimate of drug-likeness (QED) is 0.734. The van der Waals surface area contributed by atoms with Crippen molar-refractivity contribution in [3.63, 3.8) is 0 Å². The minimum Gasteiger partial charge on any atom is -0.495 e. The lowest BCUT2D eigenvalue weighted by molar-refractivity contribution is 0.418. The van der Waals surface area contributed by atoms with E-state index in [1.165, 1.54) is 6.33 Å². The summed E-state index contributed by atoms with van der Waals surface area (Å²) in [7, 11) is 1.65. The van der Waals surface area contributed by atoms with E-state index in [9.17, 15) is 0 Å². The third-order valence-corrected chi connectivity index (χ3v) is 3.13. The summed E-state index contributed by atoms with van der Waals surface area (Å²) in [6.07, 6.45) is 3.19. The Labute approximate surface area is 95.2 Å². The molecular weight excluding hydrogens is 224 g/mol. The van der Waals surface area contributed by atoms with Crippen LogP contribution in [0.4, 0.5) is 0 Å². The maximum absolute atomic E-state index is 5.25. The van der Waals surface area contributed by atoms with Crippen LogP contribution in [-0.2, 0) is 0 Å². The van der Waals surface area contributed by atoms with Gasteiger partial charge in [-0.3, -0.25) is 0 Å². The second kappa shape index (κ2) is 3.57. The molecule has 1 N–H and O–H groups in total. The maximum Gasteiger partial charge on any atom is 0.181 e. The van der Waals surface area contributed by atoms with E-state index in [1.807, 2.05) is 11.4 Å². The Morgan fingerprint density at radius 2 is 2.38 bits per heavy atom. The molecule has 0 saturated heterocycles. The average molecular weight is 232 g/mol. The molecule has 0 saturated carbocycles. The van der Waals surface area contributed by atoms with Crippen molar-refractivity contribution in [1.29, 1.82) is 0 Å². The lowest BCUT2D eigenvalue weighted by Gasteiger charge is -1.97. The molecule has 5 nitrogen and oxygen atoms in total. The summed E-state index contributed by atoms with van der Waals surface area (Å²) in [4.78, 5) is 16.5. The largest absolute Gasteiger partial charge is 0.495 e. The van der Waals surface area contributed by atoms with Gasteiger partial charge < -0.3 is 9.72 Å². The fourth-order valence-electron chi connectivity index (χ4n) is 1.50. The predicted molar refractivity (Wildman–Crippen MR) is 61.5 cm³/mol. The van der Waals surface area contributed by atoms with E-state index in [0.717, 1.165) is 22.0 Å². The fraction of sp³-hybridized carbons (Fsp3) is 0.100. The number of fused-ring (bicyclic) bond motifs is 1. The lowest BCUT2D eigenvalue weighted by atomic mass is 10.4. The summed E-state index contributed by atoms with van der Waals surface area (Å²) < 4.78 is 5.25. The van der Waals surface area contributed by atoms with Crippen molar-refractivity contribution in [1.82, 2.24) is 19.9 Å². The molecule has 0 unspecified atom stereocenters. The standard InChI is InChI=1S/C10H8N4OS/c1-15-7-2-3-16-8(7)10-13-6-4-11-5-12-9(6)14-10/h2-5H,1H3,(H,11,12,13,14). The normalized spacial score (nSPS) is 10.8. The molecule has 0 fully saturated rings. The third kappa shape index (κ3) is 1.35. The predicted octanol–water partition coefficient (Wildman–Crippen LogP) is 2.09. The van der Waals surface area contributed by atoms with Crippen molar-refractivity contribution in [2.45, 2.75) is 0 Å². The van der Waals surface area contributed by atoms with Gasteiger partial charge in [-0.05, 0) is 11.4 Å². The van der Waals surface area contributed by atoms with E-state index in [0.29, 0.717) is 5.65 Å². The number of nitrogens with zero attached hydrogens (tertiary/aromatic N) is 3. The number of rotatable bonds is 2. The van der Waals surface area contributed by atoms with Crippen molar-refractivity contribution in [2.24, 2.45) is 0 Å². The molecule has 16 heavy (non-hydrogen) atoms. The summed E-state index contributed by atoms with van der Waals surface area (Å²) in [5.74, 6) is 1.58. The van der Waals surface area contributed by atoms with E-state index >= 15 is 0 Å². The van der Waals surface area contributed by atoms with Crippen molar-refractivity contribution < 1.29 is 4.74 Å². The molecule has 0 aliphatic carbocycles. The van der Waals surface area contributed by atoms with Crippen LogP contribution in [-0.4, -0.2) is 27.0 Å². The second-order valence-electron chi connectivity index (χ2n) is 3.16. The summed E-state index contributed by atoms with van der Waals surface area (Å²) >= 11 is 1.58. The smallest absolute Gasteiger partial charge is 0.181 e. The summed E-state index contributed by atoms with van der Waals surface area (Å²) in [6, 6.07) is 1.92. The number of nitrogens with one attached hydrogen (secondary N) is 1. The zero-order valence-corrected chi connectivity index (χ0v) is 9.28. The molecule has 0 aliphatic heterocycles. The number of ether oxygens (including phenoxy) is 1. The molecule has 0 radical (unpaired) electrons. The summed E-state index contributed by atoms with van der Waals surface area (Å²) in [5, 5.41) is 1.97. The van der Waals surface area contributed by atoms with Crippen LogP contribution in [0.3, 0.4) is 0 Å². The lowest BCUT2D eigenvalue weighted by Crippen LogP contribution is -1.83. The molecule has 3 rings (SSSR count). The molecule has 6 heteroatoms. The van der Waals surface area contributed by atoms with Gasteiger partial charge in [0.2, 0.25) is 0 Å². The Bertz CT molecular complexity index is 597. The van der Waals surface area contributed by atoms with Crippen LogP contribution in [0.15, 0.2) is 24.0 Å². The van der Waals surface area contributed by atoms with E-state index in [2.05, 4.69) is 19.9 Å². The van der Waals surface area contributed by atoms with Crippen LogP contribution in [0.25, 0.3) is 21.9 Å². The first kappa shape index (κ1) is 9.29. The molecule has 0 amide bonds. The van der Waals surface area contributed by atoms with Crippen molar-refractivity contribution in [3.8, 4) is 16.5 Å². The van der Waals surface area contributed by atoms with Crippen LogP contribution >= 0.6 is 11.3 Å². The van der Waals surface area contributed by atoms with Crippen LogP contribution in [0.2, 0.25) is 0 Å². The average Bonchev–Trinajstić information content (AvgIpc) is 2.94. The minimum absolute atomic E-state index is 0.667. The number of thiophene rings is 1. The number of hydrogen-bond donors (Lipinski definition) is 1. The molecule has 0 aliphatic rings. The van der Waals surface area contributed by atoms with E-state index in [4.69, 9.17) is 4.74 Å². The first-order valence-corrected chi connectivity index (χ1v) is 5.54. The number of H-pyrrole nitrogens is 1. The number of imidazole rings is 1. The monoisotopic (exact) mass is 232 g/mol. The summed E-state index contributed by atoms with van der Waals surface area (Å²) in [6.45, 7) is 0. The molecular formula is C10H8N4OS. The van der Waals surface area contributed by atoms with Gasteiger partial charge >= 0.3 is 0 Å². The van der Waals surface area contributed by atoms with E-state index in [1.54, 1.807) is 24.6 Å². The number of aromatic amines is 1. The molecule has 3 aromatic heterocycles. The SMILES string of the molecule is COc1ccsc1-c1nc2ncncc2[nH]1. The highest BCUT2D eigenvalue weighted by molar-refractivity contribution is 7.13. The molecule has 0 aromatic carbocycles. The molecule has 0 atom stereocenters. The molecule has 3 heterocycles. The van der Waals surface area contributed by atoms with E-state index in [-0.39, 0.29) is 0 Å². The van der Waals surface area contributed by atoms with Crippen LogP contribution in [0, 0.1) is 0 Å². The van der Waals surface area contributed by atoms with Gasteiger partial charge in [0.05, 0.1) is 13.3 Å². The summed E-state index contributed by atoms with van der Waals surface area (Å²) in [5.41, 5.74) is 1.49. The van der Waals surface area contributed by atoms with Gasteiger partial charge in [-0.1, -0.05) is 0 Å². The number of methoxy groups -OCH3 is 1. The highest BCUT2D eigenvalue weighted by Crippen LogP contribution is 2.33. The highest BCUT2D eigenvalue weighted by atomic mass is 32.1.